The van der Waals surface area contributed by atoms with E-state index in [0.29, 0.717) is 23.8 Å². The van der Waals surface area contributed by atoms with Crippen LogP contribution in [0.5, 0.6) is 0 Å². The van der Waals surface area contributed by atoms with Crippen molar-refractivity contribution in [1.82, 2.24) is 15.2 Å². The molecule has 0 saturated carbocycles. The third-order valence-corrected chi connectivity index (χ3v) is 4.78. The molecule has 2 amide bonds. The van der Waals surface area contributed by atoms with Gasteiger partial charge in [0.2, 0.25) is 0 Å². The molecule has 8 heteroatoms. The van der Waals surface area contributed by atoms with E-state index in [0.717, 1.165) is 29.6 Å². The number of nitrogens with zero attached hydrogens (tertiary/aromatic N) is 2. The maximum absolute atomic E-state index is 13.3. The highest BCUT2D eigenvalue weighted by Gasteiger charge is 2.22. The van der Waals surface area contributed by atoms with Crippen LogP contribution in [-0.2, 0) is 19.5 Å². The van der Waals surface area contributed by atoms with Gasteiger partial charge in [-0.2, -0.15) is 0 Å². The van der Waals surface area contributed by atoms with Gasteiger partial charge in [-0.05, 0) is 31.5 Å². The first kappa shape index (κ1) is 17.8. The zero-order valence-corrected chi connectivity index (χ0v) is 14.9. The number of nitrogens with one attached hydrogen (secondary N) is 2. The highest BCUT2D eigenvalue weighted by Crippen LogP contribution is 2.29. The molecule has 0 spiro atoms. The summed E-state index contributed by atoms with van der Waals surface area (Å²) in [7, 11) is 0. The lowest BCUT2D eigenvalue weighted by molar-refractivity contribution is 0.246. The number of thiazole rings is 1. The minimum Gasteiger partial charge on any atom is -0.336 e. The molecule has 0 bridgehead atoms. The number of carbonyl (C=O) groups excluding carboxylic acids is 1. The van der Waals surface area contributed by atoms with Crippen LogP contribution in [0.25, 0.3) is 0 Å². The normalized spacial score (nSPS) is 14.4. The lowest BCUT2D eigenvalue weighted by atomic mass is 10.1. The number of rotatable bonds is 4. The Hall–Kier alpha value is -2.06. The Morgan fingerprint density at radius 3 is 2.72 bits per heavy atom. The molecule has 2 aromatic rings. The van der Waals surface area contributed by atoms with Crippen LogP contribution in [-0.4, -0.2) is 28.5 Å². The first-order valence-corrected chi connectivity index (χ1v) is 8.94. The predicted molar refractivity (Wildman–Crippen MR) is 93.6 cm³/mol. The van der Waals surface area contributed by atoms with Gasteiger partial charge in [0.15, 0.2) is 5.13 Å². The summed E-state index contributed by atoms with van der Waals surface area (Å²) in [5.41, 5.74) is 1.59. The standard InChI is InChI=1S/C17H20F2N4OS/c1-10(2)20-16(24)22-17-21-14-3-4-23(9-15(14)25-17)8-11-5-12(18)7-13(19)6-11/h5-7,10H,3-4,8-9H2,1-2H3,(H2,20,21,22,24). The summed E-state index contributed by atoms with van der Waals surface area (Å²) in [4.78, 5) is 19.4. The van der Waals surface area contributed by atoms with Gasteiger partial charge in [0, 0.05) is 43.0 Å². The molecule has 0 atom stereocenters. The Bertz CT molecular complexity index is 758. The Balaban J connectivity index is 1.64. The largest absolute Gasteiger partial charge is 0.336 e. The van der Waals surface area contributed by atoms with Crippen molar-refractivity contribution >= 4 is 22.5 Å². The van der Waals surface area contributed by atoms with E-state index < -0.39 is 11.6 Å². The molecule has 0 unspecified atom stereocenters. The fourth-order valence-corrected chi connectivity index (χ4v) is 3.84. The third-order valence-electron chi connectivity index (χ3n) is 3.78. The minimum atomic E-state index is -0.562. The van der Waals surface area contributed by atoms with Crippen molar-refractivity contribution in [2.45, 2.75) is 39.4 Å². The van der Waals surface area contributed by atoms with Gasteiger partial charge in [0.05, 0.1) is 5.69 Å². The van der Waals surface area contributed by atoms with Crippen LogP contribution in [0.1, 0.15) is 30.0 Å². The smallest absolute Gasteiger partial charge is 0.321 e. The number of carbonyl (C=O) groups is 1. The molecule has 1 aromatic carbocycles. The van der Waals surface area contributed by atoms with Crippen molar-refractivity contribution in [3.8, 4) is 0 Å². The third kappa shape index (κ3) is 4.73. The van der Waals surface area contributed by atoms with Gasteiger partial charge in [-0.3, -0.25) is 10.2 Å². The van der Waals surface area contributed by atoms with Crippen molar-refractivity contribution in [1.29, 1.82) is 0 Å². The number of hydrogen-bond acceptors (Lipinski definition) is 4. The Morgan fingerprint density at radius 2 is 2.04 bits per heavy atom. The van der Waals surface area contributed by atoms with Crippen molar-refractivity contribution in [2.24, 2.45) is 0 Å². The highest BCUT2D eigenvalue weighted by atomic mass is 32.1. The van der Waals surface area contributed by atoms with E-state index >= 15 is 0 Å². The lowest BCUT2D eigenvalue weighted by Gasteiger charge is -2.25. The van der Waals surface area contributed by atoms with Gasteiger partial charge in [-0.25, -0.2) is 18.6 Å². The Labute approximate surface area is 149 Å². The van der Waals surface area contributed by atoms with E-state index in [9.17, 15) is 13.6 Å². The van der Waals surface area contributed by atoms with Gasteiger partial charge in [-0.1, -0.05) is 0 Å². The van der Waals surface area contributed by atoms with E-state index in [2.05, 4.69) is 20.5 Å². The minimum absolute atomic E-state index is 0.0525. The van der Waals surface area contributed by atoms with E-state index in [1.807, 2.05) is 13.8 Å². The quantitative estimate of drug-likeness (QED) is 0.871. The maximum Gasteiger partial charge on any atom is 0.321 e. The van der Waals surface area contributed by atoms with Gasteiger partial charge >= 0.3 is 6.03 Å². The predicted octanol–water partition coefficient (Wildman–Crippen LogP) is 3.51. The van der Waals surface area contributed by atoms with E-state index in [1.165, 1.54) is 23.5 Å². The number of benzene rings is 1. The van der Waals surface area contributed by atoms with Gasteiger partial charge in [-0.15, -0.1) is 11.3 Å². The van der Waals surface area contributed by atoms with Crippen LogP contribution >= 0.6 is 11.3 Å². The SMILES string of the molecule is CC(C)NC(=O)Nc1nc2c(s1)CN(Cc1cc(F)cc(F)c1)CC2. The molecule has 3 rings (SSSR count). The molecular formula is C17H20F2N4OS. The van der Waals surface area contributed by atoms with Crippen LogP contribution in [0.4, 0.5) is 18.7 Å². The van der Waals surface area contributed by atoms with Crippen LogP contribution < -0.4 is 10.6 Å². The van der Waals surface area contributed by atoms with E-state index in [4.69, 9.17) is 0 Å². The zero-order chi connectivity index (χ0) is 18.0. The number of fused-ring (bicyclic) bond motifs is 1. The molecule has 25 heavy (non-hydrogen) atoms. The second-order valence-electron chi connectivity index (χ2n) is 6.38. The molecule has 2 N–H and O–H groups in total. The number of aromatic nitrogens is 1. The van der Waals surface area contributed by atoms with Crippen molar-refractivity contribution < 1.29 is 13.6 Å². The molecule has 1 aliphatic rings. The Morgan fingerprint density at radius 1 is 1.32 bits per heavy atom. The highest BCUT2D eigenvalue weighted by molar-refractivity contribution is 7.15. The number of urea groups is 1. The van der Waals surface area contributed by atoms with E-state index in [1.54, 1.807) is 0 Å². The van der Waals surface area contributed by atoms with Crippen molar-refractivity contribution in [2.75, 3.05) is 11.9 Å². The van der Waals surface area contributed by atoms with E-state index in [-0.39, 0.29) is 12.1 Å². The second kappa shape index (κ2) is 7.45. The molecule has 1 aromatic heterocycles. The molecular weight excluding hydrogens is 346 g/mol. The molecule has 1 aliphatic heterocycles. The maximum atomic E-state index is 13.3. The zero-order valence-electron chi connectivity index (χ0n) is 14.1. The first-order chi connectivity index (χ1) is 11.9. The van der Waals surface area contributed by atoms with Gasteiger partial charge in [0.25, 0.3) is 0 Å². The first-order valence-electron chi connectivity index (χ1n) is 8.12. The average Bonchev–Trinajstić information content (AvgIpc) is 2.86. The lowest BCUT2D eigenvalue weighted by Crippen LogP contribution is -2.34. The van der Waals surface area contributed by atoms with Crippen LogP contribution in [0, 0.1) is 11.6 Å². The van der Waals surface area contributed by atoms with Crippen molar-refractivity contribution in [3.05, 3.63) is 46.0 Å². The molecule has 0 aliphatic carbocycles. The molecule has 5 nitrogen and oxygen atoms in total. The number of halogens is 2. The topological polar surface area (TPSA) is 57.3 Å². The second-order valence-corrected chi connectivity index (χ2v) is 7.46. The van der Waals surface area contributed by atoms with Crippen LogP contribution in [0.2, 0.25) is 0 Å². The summed E-state index contributed by atoms with van der Waals surface area (Å²) >= 11 is 1.44. The Kier molecular flexibility index (Phi) is 5.29. The molecule has 0 fully saturated rings. The van der Waals surface area contributed by atoms with Crippen molar-refractivity contribution in [3.63, 3.8) is 0 Å². The molecule has 134 valence electrons. The number of anilines is 1. The summed E-state index contributed by atoms with van der Waals surface area (Å²) in [6.07, 6.45) is 0.747. The molecule has 0 radical (unpaired) electrons. The fourth-order valence-electron chi connectivity index (χ4n) is 2.79. The molecule has 0 saturated heterocycles. The summed E-state index contributed by atoms with van der Waals surface area (Å²) in [6, 6.07) is 3.37. The fraction of sp³-hybridized carbons (Fsp3) is 0.412. The summed E-state index contributed by atoms with van der Waals surface area (Å²) < 4.78 is 26.6. The summed E-state index contributed by atoms with van der Waals surface area (Å²) in [6.45, 7) is 5.66. The monoisotopic (exact) mass is 366 g/mol. The van der Waals surface area contributed by atoms with Gasteiger partial charge < -0.3 is 5.32 Å². The average molecular weight is 366 g/mol. The molecule has 2 heterocycles. The van der Waals surface area contributed by atoms with Crippen LogP contribution in [0.3, 0.4) is 0 Å². The van der Waals surface area contributed by atoms with Gasteiger partial charge in [0.1, 0.15) is 11.6 Å². The van der Waals surface area contributed by atoms with Crippen LogP contribution in [0.15, 0.2) is 18.2 Å². The summed E-state index contributed by atoms with van der Waals surface area (Å²) in [5.74, 6) is -1.12. The number of hydrogen-bond donors (Lipinski definition) is 2. The summed E-state index contributed by atoms with van der Waals surface area (Å²) in [5, 5.41) is 6.08. The number of amides is 2.